The normalized spacial score (nSPS) is 19.6. The Kier molecular flexibility index (Phi) is 7.03. The molecule has 152 valence electrons. The first-order valence-corrected chi connectivity index (χ1v) is 10.1. The summed E-state index contributed by atoms with van der Waals surface area (Å²) in [6.45, 7) is 5.65. The average Bonchev–Trinajstić information content (AvgIpc) is 3.21. The fraction of sp³-hybridized carbons (Fsp3) is 0.571. The van der Waals surface area contributed by atoms with E-state index in [9.17, 15) is 4.79 Å². The number of benzene rings is 1. The molecule has 1 heterocycles. The average molecular weight is 386 g/mol. The Balaban J connectivity index is 1.44. The Morgan fingerprint density at radius 2 is 1.93 bits per heavy atom. The summed E-state index contributed by atoms with van der Waals surface area (Å²) in [5.74, 6) is 1.16. The van der Waals surface area contributed by atoms with Crippen molar-refractivity contribution in [3.8, 4) is 5.75 Å². The number of methoxy groups -OCH3 is 1. The van der Waals surface area contributed by atoms with Crippen molar-refractivity contribution in [2.75, 3.05) is 13.7 Å². The van der Waals surface area contributed by atoms with Crippen LogP contribution in [0.4, 0.5) is 0 Å². The lowest BCUT2D eigenvalue weighted by molar-refractivity contribution is 0.0944. The summed E-state index contributed by atoms with van der Waals surface area (Å²) in [5.41, 5.74) is 1.66. The Hall–Kier alpha value is -2.41. The first-order valence-electron chi connectivity index (χ1n) is 10.1. The van der Waals surface area contributed by atoms with Crippen LogP contribution in [0.25, 0.3) is 0 Å². The molecular weight excluding hydrogens is 354 g/mol. The molecule has 0 saturated heterocycles. The van der Waals surface area contributed by atoms with Crippen LogP contribution >= 0.6 is 0 Å². The van der Waals surface area contributed by atoms with Gasteiger partial charge in [-0.1, -0.05) is 31.2 Å². The minimum Gasteiger partial charge on any atom is -0.497 e. The van der Waals surface area contributed by atoms with Gasteiger partial charge >= 0.3 is 0 Å². The van der Waals surface area contributed by atoms with Gasteiger partial charge in [-0.05, 0) is 49.3 Å². The van der Waals surface area contributed by atoms with Crippen LogP contribution < -0.4 is 15.4 Å². The van der Waals surface area contributed by atoms with Gasteiger partial charge in [0.15, 0.2) is 5.69 Å². The van der Waals surface area contributed by atoms with Gasteiger partial charge in [0.1, 0.15) is 5.75 Å². The molecule has 1 fully saturated rings. The van der Waals surface area contributed by atoms with Crippen molar-refractivity contribution in [1.82, 2.24) is 25.6 Å². The molecule has 1 saturated carbocycles. The van der Waals surface area contributed by atoms with E-state index in [0.717, 1.165) is 38.0 Å². The minimum absolute atomic E-state index is 0.144. The van der Waals surface area contributed by atoms with Gasteiger partial charge in [0.25, 0.3) is 5.91 Å². The van der Waals surface area contributed by atoms with Gasteiger partial charge in [0, 0.05) is 19.1 Å². The maximum Gasteiger partial charge on any atom is 0.273 e. The van der Waals surface area contributed by atoms with Crippen molar-refractivity contribution >= 4 is 5.91 Å². The van der Waals surface area contributed by atoms with Gasteiger partial charge in [0.05, 0.1) is 19.3 Å². The fourth-order valence-corrected chi connectivity index (χ4v) is 3.50. The maximum atomic E-state index is 12.1. The number of amides is 1. The van der Waals surface area contributed by atoms with Crippen LogP contribution in [0.15, 0.2) is 30.5 Å². The van der Waals surface area contributed by atoms with E-state index in [0.29, 0.717) is 30.2 Å². The molecule has 1 aromatic heterocycles. The summed E-state index contributed by atoms with van der Waals surface area (Å²) in [6, 6.07) is 9.01. The van der Waals surface area contributed by atoms with E-state index in [1.54, 1.807) is 13.3 Å². The highest BCUT2D eigenvalue weighted by Gasteiger charge is 2.24. The third kappa shape index (κ3) is 5.55. The third-order valence-electron chi connectivity index (χ3n) is 5.24. The van der Waals surface area contributed by atoms with Gasteiger partial charge < -0.3 is 15.4 Å². The number of hydrogen-bond acceptors (Lipinski definition) is 5. The topological polar surface area (TPSA) is 81.1 Å². The molecule has 1 aliphatic rings. The molecule has 7 heteroatoms. The quantitative estimate of drug-likeness (QED) is 0.730. The number of ether oxygens (including phenoxy) is 1. The number of nitrogens with one attached hydrogen (secondary N) is 2. The predicted octanol–water partition coefficient (Wildman–Crippen LogP) is 2.95. The molecule has 7 nitrogen and oxygen atoms in total. The Bertz CT molecular complexity index is 748. The molecule has 0 unspecified atom stereocenters. The summed E-state index contributed by atoms with van der Waals surface area (Å²) < 4.78 is 7.06. The molecule has 0 aliphatic heterocycles. The van der Waals surface area contributed by atoms with Crippen LogP contribution in [0.3, 0.4) is 0 Å². The second-order valence-electron chi connectivity index (χ2n) is 7.92. The molecule has 28 heavy (non-hydrogen) atoms. The van der Waals surface area contributed by atoms with E-state index in [-0.39, 0.29) is 5.91 Å². The highest BCUT2D eigenvalue weighted by atomic mass is 16.5. The number of nitrogens with zero attached hydrogens (tertiary/aromatic N) is 3. The molecule has 0 atom stereocenters. The van der Waals surface area contributed by atoms with Gasteiger partial charge in [-0.25, -0.2) is 4.68 Å². The van der Waals surface area contributed by atoms with E-state index in [4.69, 9.17) is 4.74 Å². The van der Waals surface area contributed by atoms with Gasteiger partial charge in [-0.2, -0.15) is 0 Å². The van der Waals surface area contributed by atoms with E-state index in [1.807, 2.05) is 16.8 Å². The lowest BCUT2D eigenvalue weighted by Gasteiger charge is -2.29. The van der Waals surface area contributed by atoms with Crippen LogP contribution in [0, 0.1) is 5.92 Å². The molecule has 1 aromatic carbocycles. The number of carbonyl (C=O) groups excluding carboxylic acids is 1. The molecule has 0 bridgehead atoms. The lowest BCUT2D eigenvalue weighted by Crippen LogP contribution is -2.33. The van der Waals surface area contributed by atoms with Crippen LogP contribution in [-0.2, 0) is 6.54 Å². The highest BCUT2D eigenvalue weighted by Crippen LogP contribution is 2.28. The molecule has 1 aliphatic carbocycles. The van der Waals surface area contributed by atoms with Crippen LogP contribution in [0.5, 0.6) is 5.75 Å². The van der Waals surface area contributed by atoms with Crippen molar-refractivity contribution in [3.05, 3.63) is 41.7 Å². The van der Waals surface area contributed by atoms with Crippen molar-refractivity contribution in [3.63, 3.8) is 0 Å². The second kappa shape index (κ2) is 9.68. The zero-order valence-corrected chi connectivity index (χ0v) is 17.0. The number of carbonyl (C=O) groups is 1. The number of aromatic nitrogens is 3. The van der Waals surface area contributed by atoms with E-state index >= 15 is 0 Å². The first-order chi connectivity index (χ1) is 13.5. The van der Waals surface area contributed by atoms with Crippen molar-refractivity contribution < 1.29 is 9.53 Å². The van der Waals surface area contributed by atoms with Crippen LogP contribution in [0.2, 0.25) is 0 Å². The summed E-state index contributed by atoms with van der Waals surface area (Å²) in [4.78, 5) is 12.1. The minimum atomic E-state index is -0.144. The fourth-order valence-electron chi connectivity index (χ4n) is 3.50. The SMILES string of the molecule is COc1ccc(CNC2CCC(n3cc(C(=O)NCC(C)C)nn3)CC2)cc1. The highest BCUT2D eigenvalue weighted by molar-refractivity contribution is 5.91. The monoisotopic (exact) mass is 385 g/mol. The molecular formula is C21H31N5O2. The predicted molar refractivity (Wildman–Crippen MR) is 108 cm³/mol. The lowest BCUT2D eigenvalue weighted by atomic mass is 9.91. The van der Waals surface area contributed by atoms with E-state index < -0.39 is 0 Å². The van der Waals surface area contributed by atoms with Crippen LogP contribution in [-0.4, -0.2) is 40.6 Å². The second-order valence-corrected chi connectivity index (χ2v) is 7.92. The molecule has 3 rings (SSSR count). The zero-order valence-electron chi connectivity index (χ0n) is 17.0. The smallest absolute Gasteiger partial charge is 0.273 e. The van der Waals surface area contributed by atoms with Gasteiger partial charge in [-0.15, -0.1) is 5.10 Å². The largest absolute Gasteiger partial charge is 0.497 e. The third-order valence-corrected chi connectivity index (χ3v) is 5.24. The zero-order chi connectivity index (χ0) is 19.9. The summed E-state index contributed by atoms with van der Waals surface area (Å²) in [6.07, 6.45) is 6.05. The van der Waals surface area contributed by atoms with Crippen molar-refractivity contribution in [1.29, 1.82) is 0 Å². The maximum absolute atomic E-state index is 12.1. The molecule has 2 N–H and O–H groups in total. The van der Waals surface area contributed by atoms with Crippen molar-refractivity contribution in [2.24, 2.45) is 5.92 Å². The number of rotatable bonds is 8. The van der Waals surface area contributed by atoms with E-state index in [2.05, 4.69) is 46.9 Å². The molecule has 0 radical (unpaired) electrons. The summed E-state index contributed by atoms with van der Waals surface area (Å²) in [7, 11) is 1.68. The number of hydrogen-bond donors (Lipinski definition) is 2. The Morgan fingerprint density at radius 3 is 2.57 bits per heavy atom. The Labute approximate surface area is 166 Å². The molecule has 1 amide bonds. The first kappa shape index (κ1) is 20.3. The molecule has 2 aromatic rings. The van der Waals surface area contributed by atoms with E-state index in [1.165, 1.54) is 5.56 Å². The summed E-state index contributed by atoms with van der Waals surface area (Å²) in [5, 5.41) is 14.8. The standard InChI is InChI=1S/C21H31N5O2/c1-15(2)12-23-21(27)20-14-26(25-24-20)18-8-6-17(7-9-18)22-13-16-4-10-19(28-3)11-5-16/h4-5,10-11,14-15,17-18,22H,6-9,12-13H2,1-3H3,(H,23,27). The van der Waals surface area contributed by atoms with Gasteiger partial charge in [0.2, 0.25) is 0 Å². The van der Waals surface area contributed by atoms with Crippen molar-refractivity contribution in [2.45, 2.75) is 58.2 Å². The van der Waals surface area contributed by atoms with Gasteiger partial charge in [-0.3, -0.25) is 4.79 Å². The Morgan fingerprint density at radius 1 is 1.21 bits per heavy atom. The van der Waals surface area contributed by atoms with Crippen LogP contribution in [0.1, 0.15) is 61.6 Å². The molecule has 0 spiro atoms. The summed E-state index contributed by atoms with van der Waals surface area (Å²) >= 11 is 0.